The van der Waals surface area contributed by atoms with E-state index in [4.69, 9.17) is 5.11 Å². The molecule has 0 bridgehead atoms. The molecule has 1 N–H and O–H groups in total. The van der Waals surface area contributed by atoms with Crippen LogP contribution in [0.15, 0.2) is 29.2 Å². The maximum absolute atomic E-state index is 12.1. The third kappa shape index (κ3) is 2.95. The van der Waals surface area contributed by atoms with Gasteiger partial charge in [-0.1, -0.05) is 19.1 Å². The first-order chi connectivity index (χ1) is 9.45. The van der Waals surface area contributed by atoms with Crippen LogP contribution in [0.1, 0.15) is 19.8 Å². The average molecular weight is 297 g/mol. The molecule has 0 aromatic heterocycles. The number of rotatable bonds is 4. The van der Waals surface area contributed by atoms with E-state index in [0.717, 1.165) is 0 Å². The maximum atomic E-state index is 12.1. The molecule has 6 heteroatoms. The Labute approximate surface area is 119 Å². The van der Waals surface area contributed by atoms with Crippen LogP contribution in [-0.2, 0) is 14.6 Å². The third-order valence-corrected chi connectivity index (χ3v) is 5.54. The fourth-order valence-electron chi connectivity index (χ4n) is 2.50. The summed E-state index contributed by atoms with van der Waals surface area (Å²) in [5.74, 6) is -1.02. The number of sulfone groups is 1. The van der Waals surface area contributed by atoms with E-state index in [-0.39, 0.29) is 11.7 Å². The molecule has 5 nitrogen and oxygen atoms in total. The van der Waals surface area contributed by atoms with Crippen molar-refractivity contribution in [3.05, 3.63) is 24.3 Å². The molecule has 1 aliphatic heterocycles. The molecule has 1 fully saturated rings. The van der Waals surface area contributed by atoms with Crippen molar-refractivity contribution >= 4 is 21.5 Å². The molecule has 110 valence electrons. The second kappa shape index (κ2) is 5.83. The maximum Gasteiger partial charge on any atom is 0.306 e. The second-order valence-corrected chi connectivity index (χ2v) is 7.22. The number of carboxylic acids is 1. The fraction of sp³-hybridized carbons (Fsp3) is 0.500. The van der Waals surface area contributed by atoms with Gasteiger partial charge in [-0.25, -0.2) is 8.42 Å². The van der Waals surface area contributed by atoms with Crippen molar-refractivity contribution in [1.82, 2.24) is 0 Å². The Hall–Kier alpha value is -1.56. The van der Waals surface area contributed by atoms with E-state index < -0.39 is 15.8 Å². The highest BCUT2D eigenvalue weighted by Crippen LogP contribution is 2.29. The summed E-state index contributed by atoms with van der Waals surface area (Å²) in [4.78, 5) is 13.3. The minimum Gasteiger partial charge on any atom is -0.481 e. The van der Waals surface area contributed by atoms with Crippen LogP contribution in [0.4, 0.5) is 5.69 Å². The predicted octanol–water partition coefficient (Wildman–Crippen LogP) is 1.78. The molecule has 0 atom stereocenters. The molecule has 20 heavy (non-hydrogen) atoms. The monoisotopic (exact) mass is 297 g/mol. The Bertz CT molecular complexity index is 589. The van der Waals surface area contributed by atoms with Gasteiger partial charge in [0.1, 0.15) is 0 Å². The van der Waals surface area contributed by atoms with Gasteiger partial charge in [0.2, 0.25) is 0 Å². The van der Waals surface area contributed by atoms with E-state index in [2.05, 4.69) is 0 Å². The number of carboxylic acid groups (broad SMARTS) is 1. The molecule has 1 heterocycles. The van der Waals surface area contributed by atoms with Crippen LogP contribution in [0, 0.1) is 5.92 Å². The van der Waals surface area contributed by atoms with Gasteiger partial charge in [0.05, 0.1) is 22.3 Å². The van der Waals surface area contributed by atoms with Gasteiger partial charge in [-0.2, -0.15) is 0 Å². The van der Waals surface area contributed by atoms with Crippen LogP contribution >= 0.6 is 0 Å². The summed E-state index contributed by atoms with van der Waals surface area (Å²) in [5.41, 5.74) is 0.693. The summed E-state index contributed by atoms with van der Waals surface area (Å²) in [6.07, 6.45) is 1.10. The first kappa shape index (κ1) is 14.8. The molecule has 0 saturated carbocycles. The van der Waals surface area contributed by atoms with Gasteiger partial charge in [0, 0.05) is 13.1 Å². The highest BCUT2D eigenvalue weighted by molar-refractivity contribution is 7.91. The van der Waals surface area contributed by atoms with Crippen LogP contribution in [0.5, 0.6) is 0 Å². The summed E-state index contributed by atoms with van der Waals surface area (Å²) >= 11 is 0. The lowest BCUT2D eigenvalue weighted by Crippen LogP contribution is -2.37. The van der Waals surface area contributed by atoms with Crippen LogP contribution < -0.4 is 4.90 Å². The Morgan fingerprint density at radius 1 is 1.30 bits per heavy atom. The van der Waals surface area contributed by atoms with Crippen molar-refractivity contribution in [2.24, 2.45) is 5.92 Å². The van der Waals surface area contributed by atoms with Crippen LogP contribution in [-0.4, -0.2) is 38.3 Å². The first-order valence-corrected chi connectivity index (χ1v) is 8.40. The summed E-state index contributed by atoms with van der Waals surface area (Å²) in [6, 6.07) is 6.95. The lowest BCUT2D eigenvalue weighted by atomic mass is 9.97. The number of carbonyl (C=O) groups is 1. The summed E-state index contributed by atoms with van der Waals surface area (Å²) in [7, 11) is -3.27. The lowest BCUT2D eigenvalue weighted by Gasteiger charge is -2.33. The Morgan fingerprint density at radius 3 is 2.45 bits per heavy atom. The zero-order chi connectivity index (χ0) is 14.8. The normalized spacial score (nSPS) is 17.1. The SMILES string of the molecule is CCS(=O)(=O)c1ccccc1N1CCC(C(=O)O)CC1. The van der Waals surface area contributed by atoms with Gasteiger partial charge in [0.25, 0.3) is 0 Å². The van der Waals surface area contributed by atoms with Crippen LogP contribution in [0.3, 0.4) is 0 Å². The predicted molar refractivity (Wildman–Crippen MR) is 76.7 cm³/mol. The molecule has 0 radical (unpaired) electrons. The number of aliphatic carboxylic acids is 1. The highest BCUT2D eigenvalue weighted by atomic mass is 32.2. The second-order valence-electron chi connectivity index (χ2n) is 4.97. The van der Waals surface area contributed by atoms with Crippen LogP contribution in [0.25, 0.3) is 0 Å². The van der Waals surface area contributed by atoms with E-state index in [1.54, 1.807) is 25.1 Å². The molecule has 1 aromatic rings. The summed E-state index contributed by atoms with van der Waals surface area (Å²) < 4.78 is 24.2. The summed E-state index contributed by atoms with van der Waals surface area (Å²) in [6.45, 7) is 2.78. The van der Waals surface area contributed by atoms with Gasteiger partial charge in [-0.15, -0.1) is 0 Å². The number of hydrogen-bond donors (Lipinski definition) is 1. The first-order valence-electron chi connectivity index (χ1n) is 6.75. The Morgan fingerprint density at radius 2 is 1.90 bits per heavy atom. The molecule has 2 rings (SSSR count). The van der Waals surface area contributed by atoms with Gasteiger partial charge in [-0.05, 0) is 25.0 Å². The molecule has 0 unspecified atom stereocenters. The van der Waals surface area contributed by atoms with E-state index in [1.807, 2.05) is 11.0 Å². The van der Waals surface area contributed by atoms with E-state index in [9.17, 15) is 13.2 Å². The molecular weight excluding hydrogens is 278 g/mol. The van der Waals surface area contributed by atoms with Crippen LogP contribution in [0.2, 0.25) is 0 Å². The Balaban J connectivity index is 2.25. The molecule has 0 spiro atoms. The van der Waals surface area contributed by atoms with Gasteiger partial charge >= 0.3 is 5.97 Å². The Kier molecular flexibility index (Phi) is 4.32. The molecule has 0 amide bonds. The average Bonchev–Trinajstić information content (AvgIpc) is 2.47. The number of nitrogens with zero attached hydrogens (tertiary/aromatic N) is 1. The molecule has 1 aliphatic rings. The van der Waals surface area contributed by atoms with Gasteiger partial charge in [-0.3, -0.25) is 4.79 Å². The number of piperidine rings is 1. The van der Waals surface area contributed by atoms with Gasteiger partial charge < -0.3 is 10.0 Å². The molecule has 1 saturated heterocycles. The number of anilines is 1. The largest absolute Gasteiger partial charge is 0.481 e. The van der Waals surface area contributed by atoms with E-state index >= 15 is 0 Å². The zero-order valence-electron chi connectivity index (χ0n) is 11.4. The van der Waals surface area contributed by atoms with E-state index in [1.165, 1.54) is 0 Å². The smallest absolute Gasteiger partial charge is 0.306 e. The van der Waals surface area contributed by atoms with Crippen molar-refractivity contribution in [2.45, 2.75) is 24.7 Å². The van der Waals surface area contributed by atoms with Crippen molar-refractivity contribution in [3.8, 4) is 0 Å². The topological polar surface area (TPSA) is 74.7 Å². The molecular formula is C14H19NO4S. The van der Waals surface area contributed by atoms with Crippen molar-refractivity contribution < 1.29 is 18.3 Å². The van der Waals surface area contributed by atoms with Crippen molar-refractivity contribution in [1.29, 1.82) is 0 Å². The van der Waals surface area contributed by atoms with E-state index in [0.29, 0.717) is 36.5 Å². The molecule has 1 aromatic carbocycles. The lowest BCUT2D eigenvalue weighted by molar-refractivity contribution is -0.142. The number of hydrogen-bond acceptors (Lipinski definition) is 4. The quantitative estimate of drug-likeness (QED) is 0.917. The standard InChI is InChI=1S/C14H19NO4S/c1-2-20(18,19)13-6-4-3-5-12(13)15-9-7-11(8-10-15)14(16)17/h3-6,11H,2,7-10H2,1H3,(H,16,17). The zero-order valence-corrected chi connectivity index (χ0v) is 12.3. The van der Waals surface area contributed by atoms with Crippen molar-refractivity contribution in [3.63, 3.8) is 0 Å². The summed E-state index contributed by atoms with van der Waals surface area (Å²) in [5, 5.41) is 9.00. The van der Waals surface area contributed by atoms with Gasteiger partial charge in [0.15, 0.2) is 9.84 Å². The number of benzene rings is 1. The fourth-order valence-corrected chi connectivity index (χ4v) is 3.62. The van der Waals surface area contributed by atoms with Crippen molar-refractivity contribution in [2.75, 3.05) is 23.7 Å². The minimum absolute atomic E-state index is 0.0651. The minimum atomic E-state index is -3.27. The molecule has 0 aliphatic carbocycles. The highest BCUT2D eigenvalue weighted by Gasteiger charge is 2.27. The third-order valence-electron chi connectivity index (χ3n) is 3.77. The number of para-hydroxylation sites is 1.